The number of tetrazole rings is 1. The fraction of sp³-hybridized carbons (Fsp3) is 0.462. The Hall–Kier alpha value is -1.95. The summed E-state index contributed by atoms with van der Waals surface area (Å²) in [7, 11) is 1.66. The Labute approximate surface area is 111 Å². The number of nitrogens with zero attached hydrogens (tertiary/aromatic N) is 4. The maximum Gasteiger partial charge on any atom is 0.179 e. The van der Waals surface area contributed by atoms with Gasteiger partial charge in [-0.2, -0.15) is 4.80 Å². The predicted octanol–water partition coefficient (Wildman–Crippen LogP) is 0.807. The summed E-state index contributed by atoms with van der Waals surface area (Å²) in [6, 6.07) is 7.90. The van der Waals surface area contributed by atoms with E-state index < -0.39 is 0 Å². The van der Waals surface area contributed by atoms with E-state index in [4.69, 9.17) is 4.74 Å². The molecule has 0 bridgehead atoms. The second-order valence-corrected chi connectivity index (χ2v) is 4.72. The zero-order valence-electron chi connectivity index (χ0n) is 10.9. The van der Waals surface area contributed by atoms with E-state index in [0.717, 1.165) is 36.6 Å². The van der Waals surface area contributed by atoms with Crippen molar-refractivity contribution in [1.29, 1.82) is 0 Å². The molecule has 1 saturated heterocycles. The number of hydrogen-bond donors (Lipinski definition) is 1. The largest absolute Gasteiger partial charge is 0.497 e. The molecule has 1 aliphatic heterocycles. The number of aromatic nitrogens is 4. The van der Waals surface area contributed by atoms with E-state index in [0.29, 0.717) is 12.5 Å². The molecule has 2 aromatic rings. The van der Waals surface area contributed by atoms with Crippen LogP contribution in [0.5, 0.6) is 5.75 Å². The number of methoxy groups -OCH3 is 1. The first-order valence-corrected chi connectivity index (χ1v) is 6.46. The van der Waals surface area contributed by atoms with E-state index in [9.17, 15) is 0 Å². The second-order valence-electron chi connectivity index (χ2n) is 4.72. The summed E-state index contributed by atoms with van der Waals surface area (Å²) in [5, 5.41) is 16.0. The molecule has 1 aromatic carbocycles. The summed E-state index contributed by atoms with van der Waals surface area (Å²) in [5.74, 6) is 2.11. The van der Waals surface area contributed by atoms with Crippen LogP contribution in [0.4, 0.5) is 0 Å². The number of benzene rings is 1. The van der Waals surface area contributed by atoms with Crippen LogP contribution in [-0.2, 0) is 6.54 Å². The highest BCUT2D eigenvalue weighted by molar-refractivity contribution is 5.27. The van der Waals surface area contributed by atoms with E-state index in [1.54, 1.807) is 11.9 Å². The third-order valence-corrected chi connectivity index (χ3v) is 3.38. The minimum atomic E-state index is 0.407. The lowest BCUT2D eigenvalue weighted by Gasteiger charge is -2.02. The van der Waals surface area contributed by atoms with E-state index in [1.807, 2.05) is 24.3 Å². The number of nitrogens with one attached hydrogen (secondary N) is 1. The first-order valence-electron chi connectivity index (χ1n) is 6.46. The van der Waals surface area contributed by atoms with Gasteiger partial charge in [-0.25, -0.2) is 0 Å². The van der Waals surface area contributed by atoms with Crippen LogP contribution in [0.15, 0.2) is 24.3 Å². The van der Waals surface area contributed by atoms with Gasteiger partial charge in [0.25, 0.3) is 0 Å². The summed E-state index contributed by atoms with van der Waals surface area (Å²) >= 11 is 0. The van der Waals surface area contributed by atoms with Crippen molar-refractivity contribution >= 4 is 0 Å². The molecule has 100 valence electrons. The molecule has 2 heterocycles. The molecular weight excluding hydrogens is 242 g/mol. The highest BCUT2D eigenvalue weighted by atomic mass is 16.5. The average molecular weight is 259 g/mol. The topological polar surface area (TPSA) is 64.9 Å². The van der Waals surface area contributed by atoms with Crippen molar-refractivity contribution in [3.05, 3.63) is 35.7 Å². The van der Waals surface area contributed by atoms with E-state index >= 15 is 0 Å². The smallest absolute Gasteiger partial charge is 0.179 e. The van der Waals surface area contributed by atoms with Gasteiger partial charge in [-0.1, -0.05) is 12.1 Å². The van der Waals surface area contributed by atoms with Crippen LogP contribution in [0.1, 0.15) is 23.7 Å². The lowest BCUT2D eigenvalue weighted by molar-refractivity contribution is 0.414. The van der Waals surface area contributed by atoms with E-state index in [1.165, 1.54) is 0 Å². The molecule has 1 atom stereocenters. The van der Waals surface area contributed by atoms with Crippen LogP contribution in [0, 0.1) is 0 Å². The molecule has 0 spiro atoms. The van der Waals surface area contributed by atoms with Crippen molar-refractivity contribution < 1.29 is 4.74 Å². The molecule has 1 aromatic heterocycles. The third-order valence-electron chi connectivity index (χ3n) is 3.38. The van der Waals surface area contributed by atoms with Gasteiger partial charge >= 0.3 is 0 Å². The molecule has 0 saturated carbocycles. The quantitative estimate of drug-likeness (QED) is 0.880. The Kier molecular flexibility index (Phi) is 3.41. The summed E-state index contributed by atoms with van der Waals surface area (Å²) < 4.78 is 5.13. The highest BCUT2D eigenvalue weighted by Gasteiger charge is 2.21. The minimum absolute atomic E-state index is 0.407. The molecule has 6 heteroatoms. The molecule has 19 heavy (non-hydrogen) atoms. The van der Waals surface area contributed by atoms with E-state index in [-0.39, 0.29) is 0 Å². The fourth-order valence-electron chi connectivity index (χ4n) is 2.26. The van der Waals surface area contributed by atoms with Gasteiger partial charge in [-0.15, -0.1) is 10.2 Å². The summed E-state index contributed by atoms with van der Waals surface area (Å²) in [5.41, 5.74) is 1.13. The van der Waals surface area contributed by atoms with Gasteiger partial charge in [0.05, 0.1) is 13.7 Å². The van der Waals surface area contributed by atoms with Crippen LogP contribution >= 0.6 is 0 Å². The average Bonchev–Trinajstić information content (AvgIpc) is 3.10. The maximum absolute atomic E-state index is 5.13. The van der Waals surface area contributed by atoms with Gasteiger partial charge in [0.1, 0.15) is 5.75 Å². The second kappa shape index (κ2) is 5.36. The van der Waals surface area contributed by atoms with Crippen LogP contribution in [0.3, 0.4) is 0 Å². The van der Waals surface area contributed by atoms with Gasteiger partial charge in [0.15, 0.2) is 5.82 Å². The first kappa shape index (κ1) is 12.1. The van der Waals surface area contributed by atoms with Crippen LogP contribution in [0.2, 0.25) is 0 Å². The van der Waals surface area contributed by atoms with Crippen molar-refractivity contribution in [2.24, 2.45) is 0 Å². The normalized spacial score (nSPS) is 18.7. The minimum Gasteiger partial charge on any atom is -0.497 e. The lowest BCUT2D eigenvalue weighted by Crippen LogP contribution is -2.09. The Morgan fingerprint density at radius 2 is 2.21 bits per heavy atom. The van der Waals surface area contributed by atoms with Crippen molar-refractivity contribution in [2.75, 3.05) is 20.2 Å². The summed E-state index contributed by atoms with van der Waals surface area (Å²) in [6.45, 7) is 2.63. The first-order chi connectivity index (χ1) is 9.35. The Morgan fingerprint density at radius 1 is 1.37 bits per heavy atom. The molecule has 0 amide bonds. The maximum atomic E-state index is 5.13. The van der Waals surface area contributed by atoms with Crippen LogP contribution in [0.25, 0.3) is 0 Å². The zero-order valence-corrected chi connectivity index (χ0v) is 10.9. The Morgan fingerprint density at radius 3 is 2.89 bits per heavy atom. The van der Waals surface area contributed by atoms with Crippen molar-refractivity contribution in [1.82, 2.24) is 25.5 Å². The number of ether oxygens (including phenoxy) is 1. The van der Waals surface area contributed by atoms with E-state index in [2.05, 4.69) is 20.7 Å². The molecular formula is C13H17N5O. The summed E-state index contributed by atoms with van der Waals surface area (Å²) in [4.78, 5) is 1.65. The molecule has 0 radical (unpaired) electrons. The van der Waals surface area contributed by atoms with Gasteiger partial charge in [0.2, 0.25) is 0 Å². The number of rotatable bonds is 4. The van der Waals surface area contributed by atoms with Crippen molar-refractivity contribution in [3.8, 4) is 5.75 Å². The number of hydrogen-bond acceptors (Lipinski definition) is 5. The monoisotopic (exact) mass is 259 g/mol. The molecule has 1 unspecified atom stereocenters. The van der Waals surface area contributed by atoms with Gasteiger partial charge in [-0.05, 0) is 35.9 Å². The molecule has 1 fully saturated rings. The Balaban J connectivity index is 1.68. The molecule has 6 nitrogen and oxygen atoms in total. The molecule has 1 aliphatic rings. The van der Waals surface area contributed by atoms with Crippen molar-refractivity contribution in [2.45, 2.75) is 18.9 Å². The van der Waals surface area contributed by atoms with Gasteiger partial charge in [0, 0.05) is 12.5 Å². The summed E-state index contributed by atoms with van der Waals surface area (Å²) in [6.07, 6.45) is 1.09. The molecule has 0 aliphatic carbocycles. The van der Waals surface area contributed by atoms with Gasteiger partial charge < -0.3 is 10.1 Å². The van der Waals surface area contributed by atoms with Crippen molar-refractivity contribution in [3.63, 3.8) is 0 Å². The highest BCUT2D eigenvalue weighted by Crippen LogP contribution is 2.17. The van der Waals surface area contributed by atoms with Crippen LogP contribution < -0.4 is 10.1 Å². The third kappa shape index (κ3) is 2.73. The standard InChI is InChI=1S/C13H17N5O/c1-19-12-4-2-10(3-5-12)9-18-16-13(15-17-18)11-6-7-14-8-11/h2-5,11,14H,6-9H2,1H3. The molecule has 1 N–H and O–H groups in total. The zero-order chi connectivity index (χ0) is 13.1. The molecule has 3 rings (SSSR count). The fourth-order valence-corrected chi connectivity index (χ4v) is 2.26. The lowest BCUT2D eigenvalue weighted by atomic mass is 10.1. The Bertz CT molecular complexity index is 530. The predicted molar refractivity (Wildman–Crippen MR) is 70.1 cm³/mol. The SMILES string of the molecule is COc1ccc(Cn2nnc(C3CCNC3)n2)cc1. The van der Waals surface area contributed by atoms with Crippen LogP contribution in [-0.4, -0.2) is 40.4 Å². The van der Waals surface area contributed by atoms with Gasteiger partial charge in [-0.3, -0.25) is 0 Å².